The molecule has 142 valence electrons. The van der Waals surface area contributed by atoms with E-state index in [4.69, 9.17) is 4.74 Å². The maximum Gasteiger partial charge on any atom is 0.191 e. The number of rotatable bonds is 7. The summed E-state index contributed by atoms with van der Waals surface area (Å²) in [6, 6.07) is 8.91. The van der Waals surface area contributed by atoms with Gasteiger partial charge in [-0.05, 0) is 36.4 Å². The lowest BCUT2D eigenvalue weighted by Crippen LogP contribution is -2.38. The van der Waals surface area contributed by atoms with Crippen LogP contribution in [0.2, 0.25) is 0 Å². The number of halogens is 1. The Morgan fingerprint density at radius 2 is 1.96 bits per heavy atom. The fourth-order valence-corrected chi connectivity index (χ4v) is 3.13. The van der Waals surface area contributed by atoms with Gasteiger partial charge in [0.15, 0.2) is 5.96 Å². The number of nitrogens with zero attached hydrogens (tertiary/aromatic N) is 2. The molecular formula is C19H33IN4O. The summed E-state index contributed by atoms with van der Waals surface area (Å²) < 4.78 is 5.03. The fourth-order valence-electron chi connectivity index (χ4n) is 3.13. The Labute approximate surface area is 169 Å². The fraction of sp³-hybridized carbons (Fsp3) is 0.632. The Bertz CT molecular complexity index is 507. The Balaban J connectivity index is 0.00000312. The second-order valence-corrected chi connectivity index (χ2v) is 6.64. The minimum atomic E-state index is 0. The molecule has 1 saturated heterocycles. The molecule has 6 heteroatoms. The maximum atomic E-state index is 5.03. The Morgan fingerprint density at radius 3 is 2.60 bits per heavy atom. The average Bonchev–Trinajstić information content (AvgIpc) is 2.59. The summed E-state index contributed by atoms with van der Waals surface area (Å²) in [5.41, 5.74) is 2.66. The molecular weight excluding hydrogens is 427 g/mol. The largest absolute Gasteiger partial charge is 0.383 e. The molecule has 1 fully saturated rings. The molecule has 2 rings (SSSR count). The molecule has 1 heterocycles. The molecule has 1 aromatic carbocycles. The highest BCUT2D eigenvalue weighted by Crippen LogP contribution is 2.18. The molecule has 1 atom stereocenters. The highest BCUT2D eigenvalue weighted by Gasteiger charge is 2.15. The van der Waals surface area contributed by atoms with Crippen molar-refractivity contribution < 1.29 is 4.74 Å². The van der Waals surface area contributed by atoms with Gasteiger partial charge in [0.25, 0.3) is 0 Å². The average molecular weight is 460 g/mol. The molecule has 1 aromatic rings. The monoisotopic (exact) mass is 460 g/mol. The third-order valence-corrected chi connectivity index (χ3v) is 4.45. The number of hydrogen-bond donors (Lipinski definition) is 2. The van der Waals surface area contributed by atoms with Crippen molar-refractivity contribution in [3.8, 4) is 0 Å². The van der Waals surface area contributed by atoms with Crippen molar-refractivity contribution >= 4 is 29.9 Å². The van der Waals surface area contributed by atoms with E-state index in [2.05, 4.69) is 51.7 Å². The Morgan fingerprint density at radius 1 is 1.24 bits per heavy atom. The van der Waals surface area contributed by atoms with Crippen LogP contribution in [-0.4, -0.2) is 51.3 Å². The van der Waals surface area contributed by atoms with Crippen molar-refractivity contribution in [1.82, 2.24) is 15.5 Å². The number of nitrogens with one attached hydrogen (secondary N) is 2. The van der Waals surface area contributed by atoms with Gasteiger partial charge >= 0.3 is 0 Å². The van der Waals surface area contributed by atoms with Gasteiger partial charge in [-0.1, -0.05) is 31.2 Å². The molecule has 1 aliphatic heterocycles. The molecule has 5 nitrogen and oxygen atoms in total. The predicted molar refractivity (Wildman–Crippen MR) is 116 cm³/mol. The van der Waals surface area contributed by atoms with E-state index in [0.29, 0.717) is 6.61 Å². The summed E-state index contributed by atoms with van der Waals surface area (Å²) in [5.74, 6) is 1.64. The van der Waals surface area contributed by atoms with Crippen LogP contribution < -0.4 is 10.6 Å². The number of ether oxygens (including phenoxy) is 1. The number of piperidine rings is 1. The zero-order valence-corrected chi connectivity index (χ0v) is 18.1. The zero-order valence-electron chi connectivity index (χ0n) is 15.8. The van der Waals surface area contributed by atoms with Crippen LogP contribution in [0.1, 0.15) is 30.9 Å². The molecule has 0 radical (unpaired) electrons. The Hall–Kier alpha value is -0.860. The number of likely N-dealkylation sites (tertiary alicyclic amines) is 1. The summed E-state index contributed by atoms with van der Waals surface area (Å²) in [4.78, 5) is 6.78. The highest BCUT2D eigenvalue weighted by atomic mass is 127. The zero-order chi connectivity index (χ0) is 17.2. The van der Waals surface area contributed by atoms with Crippen molar-refractivity contribution in [2.24, 2.45) is 10.9 Å². The number of guanidine groups is 1. The van der Waals surface area contributed by atoms with Gasteiger partial charge < -0.3 is 15.4 Å². The smallest absolute Gasteiger partial charge is 0.191 e. The highest BCUT2D eigenvalue weighted by molar-refractivity contribution is 14.0. The van der Waals surface area contributed by atoms with Crippen LogP contribution in [0.25, 0.3) is 0 Å². The van der Waals surface area contributed by atoms with E-state index >= 15 is 0 Å². The first-order valence-electron chi connectivity index (χ1n) is 8.95. The number of methoxy groups -OCH3 is 1. The van der Waals surface area contributed by atoms with E-state index in [1.165, 1.54) is 37.1 Å². The quantitative estimate of drug-likeness (QED) is 0.285. The van der Waals surface area contributed by atoms with E-state index in [-0.39, 0.29) is 24.0 Å². The topological polar surface area (TPSA) is 48.9 Å². The van der Waals surface area contributed by atoms with Gasteiger partial charge in [0.2, 0.25) is 0 Å². The van der Waals surface area contributed by atoms with Crippen LogP contribution in [0, 0.1) is 5.92 Å². The number of benzene rings is 1. The lowest BCUT2D eigenvalue weighted by molar-refractivity contribution is 0.176. The number of aliphatic imine (C=N–C) groups is 1. The van der Waals surface area contributed by atoms with E-state index in [9.17, 15) is 0 Å². The molecule has 0 saturated carbocycles. The van der Waals surface area contributed by atoms with Gasteiger partial charge in [0.05, 0.1) is 6.61 Å². The first-order valence-corrected chi connectivity index (χ1v) is 8.95. The van der Waals surface area contributed by atoms with Gasteiger partial charge in [-0.15, -0.1) is 24.0 Å². The molecule has 2 N–H and O–H groups in total. The van der Waals surface area contributed by atoms with Gasteiger partial charge in [0.1, 0.15) is 0 Å². The van der Waals surface area contributed by atoms with Crippen LogP contribution >= 0.6 is 24.0 Å². The lowest BCUT2D eigenvalue weighted by Gasteiger charge is -2.30. The van der Waals surface area contributed by atoms with E-state index in [1.54, 1.807) is 14.2 Å². The Kier molecular flexibility index (Phi) is 11.1. The summed E-state index contributed by atoms with van der Waals surface area (Å²) in [7, 11) is 3.48. The van der Waals surface area contributed by atoms with Crippen molar-refractivity contribution in [3.05, 3.63) is 35.4 Å². The van der Waals surface area contributed by atoms with Gasteiger partial charge in [-0.25, -0.2) is 0 Å². The van der Waals surface area contributed by atoms with Gasteiger partial charge in [0, 0.05) is 40.3 Å². The summed E-state index contributed by atoms with van der Waals surface area (Å²) in [6.07, 6.45) is 2.71. The summed E-state index contributed by atoms with van der Waals surface area (Å²) >= 11 is 0. The molecule has 0 spiro atoms. The van der Waals surface area contributed by atoms with E-state index in [1.807, 2.05) is 0 Å². The first-order chi connectivity index (χ1) is 11.7. The molecule has 0 bridgehead atoms. The van der Waals surface area contributed by atoms with Crippen LogP contribution in [0.3, 0.4) is 0 Å². The predicted octanol–water partition coefficient (Wildman–Crippen LogP) is 2.85. The second-order valence-electron chi connectivity index (χ2n) is 6.64. The third-order valence-electron chi connectivity index (χ3n) is 4.45. The minimum Gasteiger partial charge on any atom is -0.383 e. The normalized spacial score (nSPS) is 18.5. The molecule has 1 unspecified atom stereocenters. The van der Waals surface area contributed by atoms with Crippen LogP contribution in [0.15, 0.2) is 29.3 Å². The molecule has 0 amide bonds. The molecule has 0 aliphatic carbocycles. The van der Waals surface area contributed by atoms with Crippen molar-refractivity contribution in [3.63, 3.8) is 0 Å². The van der Waals surface area contributed by atoms with Gasteiger partial charge in [-0.2, -0.15) is 0 Å². The molecule has 0 aromatic heterocycles. The van der Waals surface area contributed by atoms with E-state index < -0.39 is 0 Å². The van der Waals surface area contributed by atoms with E-state index in [0.717, 1.165) is 31.5 Å². The summed E-state index contributed by atoms with van der Waals surface area (Å²) in [5, 5.41) is 6.54. The maximum absolute atomic E-state index is 5.03. The lowest BCUT2D eigenvalue weighted by atomic mass is 9.99. The third kappa shape index (κ3) is 8.37. The van der Waals surface area contributed by atoms with Crippen molar-refractivity contribution in [2.75, 3.05) is 40.4 Å². The minimum absolute atomic E-state index is 0. The SMILES string of the molecule is CN=C(NCCOC)NCc1ccc(CN2CCCC(C)C2)cc1.I. The number of hydrogen-bond acceptors (Lipinski definition) is 3. The van der Waals surface area contributed by atoms with Gasteiger partial charge in [-0.3, -0.25) is 9.89 Å². The standard InChI is InChI=1S/C19H32N4O.HI/c1-16-5-4-11-23(14-16)15-18-8-6-17(7-9-18)13-22-19(20-2)21-10-12-24-3;/h6-9,16H,4-5,10-15H2,1-3H3,(H2,20,21,22);1H. The van der Waals surface area contributed by atoms with Crippen molar-refractivity contribution in [2.45, 2.75) is 32.9 Å². The van der Waals surface area contributed by atoms with Crippen LogP contribution in [0.5, 0.6) is 0 Å². The summed E-state index contributed by atoms with van der Waals surface area (Å²) in [6.45, 7) is 8.08. The van der Waals surface area contributed by atoms with Crippen molar-refractivity contribution in [1.29, 1.82) is 0 Å². The second kappa shape index (κ2) is 12.5. The molecule has 1 aliphatic rings. The molecule has 25 heavy (non-hydrogen) atoms. The van der Waals surface area contributed by atoms with Crippen LogP contribution in [0.4, 0.5) is 0 Å². The first kappa shape index (κ1) is 22.2. The van der Waals surface area contributed by atoms with Crippen LogP contribution in [-0.2, 0) is 17.8 Å².